The van der Waals surface area contributed by atoms with Crippen molar-refractivity contribution in [1.29, 1.82) is 0 Å². The van der Waals surface area contributed by atoms with E-state index in [2.05, 4.69) is 105 Å². The van der Waals surface area contributed by atoms with Gasteiger partial charge in [0.2, 0.25) is 0 Å². The molecular weight excluding hydrogens is 448 g/mol. The summed E-state index contributed by atoms with van der Waals surface area (Å²) >= 11 is 0. The summed E-state index contributed by atoms with van der Waals surface area (Å²) in [7, 11) is -2.21. The fourth-order valence-electron chi connectivity index (χ4n) is 5.25. The number of benzene rings is 2. The van der Waals surface area contributed by atoms with Crippen molar-refractivity contribution in [3.05, 3.63) is 95.8 Å². The van der Waals surface area contributed by atoms with E-state index >= 15 is 0 Å². The molecule has 0 aromatic heterocycles. The first-order chi connectivity index (χ1) is 14.0. The molecule has 0 nitrogen and oxygen atoms in total. The molecule has 177 valence electrons. The number of allylic oxidation sites excluding steroid dienone is 4. The Hall–Kier alpha value is -1.15. The number of aryl methyl sites for hydroxylation is 4. The van der Waals surface area contributed by atoms with Crippen LogP contribution < -0.4 is 10.4 Å². The van der Waals surface area contributed by atoms with E-state index in [-0.39, 0.29) is 41.6 Å². The zero-order valence-corrected chi connectivity index (χ0v) is 25.9. The molecule has 1 radical (unpaired) electrons. The first kappa shape index (κ1) is 31.9. The zero-order chi connectivity index (χ0) is 22.4. The fourth-order valence-corrected chi connectivity index (χ4v) is 10.1. The molecule has 1 aliphatic rings. The Kier molecular flexibility index (Phi) is 11.1. The third kappa shape index (κ3) is 5.12. The molecule has 0 amide bonds. The summed E-state index contributed by atoms with van der Waals surface area (Å²) in [6.45, 7) is 23.3. The topological polar surface area (TPSA) is 0 Å². The van der Waals surface area contributed by atoms with Gasteiger partial charge in [-0.25, -0.2) is 5.57 Å². The predicted molar refractivity (Wildman–Crippen MR) is 149 cm³/mol. The summed E-state index contributed by atoms with van der Waals surface area (Å²) < 4.78 is 0. The van der Waals surface area contributed by atoms with Crippen molar-refractivity contribution in [2.24, 2.45) is 0 Å². The van der Waals surface area contributed by atoms with Gasteiger partial charge in [0, 0.05) is 0 Å². The van der Waals surface area contributed by atoms with Gasteiger partial charge in [0.05, 0.1) is 0 Å². The molecule has 0 bridgehead atoms. The molecular formula is C31H45SiTi. The van der Waals surface area contributed by atoms with Crippen molar-refractivity contribution in [3.63, 3.8) is 0 Å². The molecule has 2 aromatic rings. The SMILES string of the molecule is CCc1cc(CC)cc([Si](C)(c2cc(C)c(C)c(C)c2)C2(C)[C-]=C(C)C(C)=C2C)c1.[CH3-].[CH3-].[Ti+3]. The van der Waals surface area contributed by atoms with E-state index < -0.39 is 8.07 Å². The van der Waals surface area contributed by atoms with E-state index in [4.69, 9.17) is 0 Å². The first-order valence-electron chi connectivity index (χ1n) is 11.5. The molecule has 2 unspecified atom stereocenters. The smallest absolute Gasteiger partial charge is 0.358 e. The summed E-state index contributed by atoms with van der Waals surface area (Å²) in [5.74, 6) is 0. The molecule has 0 aliphatic heterocycles. The van der Waals surface area contributed by atoms with Crippen LogP contribution in [0.15, 0.2) is 47.1 Å². The molecule has 2 aromatic carbocycles. The van der Waals surface area contributed by atoms with Gasteiger partial charge in [-0.2, -0.15) is 11.1 Å². The predicted octanol–water partition coefficient (Wildman–Crippen LogP) is 7.69. The third-order valence-electron chi connectivity index (χ3n) is 8.26. The van der Waals surface area contributed by atoms with Crippen LogP contribution in [0.1, 0.15) is 69.4 Å². The van der Waals surface area contributed by atoms with Crippen LogP contribution in [-0.4, -0.2) is 8.07 Å². The Morgan fingerprint density at radius 2 is 1.18 bits per heavy atom. The van der Waals surface area contributed by atoms with Gasteiger partial charge >= 0.3 is 21.7 Å². The van der Waals surface area contributed by atoms with Gasteiger partial charge in [0.15, 0.2) is 0 Å². The Bertz CT molecular complexity index is 1010. The average molecular weight is 494 g/mol. The van der Waals surface area contributed by atoms with Crippen LogP contribution in [0, 0.1) is 41.7 Å². The van der Waals surface area contributed by atoms with Crippen LogP contribution in [0.3, 0.4) is 0 Å². The van der Waals surface area contributed by atoms with Crippen molar-refractivity contribution < 1.29 is 21.7 Å². The molecule has 1 aliphatic carbocycles. The minimum atomic E-state index is -2.21. The zero-order valence-electron chi connectivity index (χ0n) is 23.3. The molecule has 0 spiro atoms. The van der Waals surface area contributed by atoms with E-state index in [1.54, 1.807) is 5.19 Å². The van der Waals surface area contributed by atoms with Crippen LogP contribution in [-0.2, 0) is 34.6 Å². The maximum atomic E-state index is 4.00. The van der Waals surface area contributed by atoms with E-state index in [1.807, 2.05) is 0 Å². The number of rotatable bonds is 5. The Balaban J connectivity index is 0.00000341. The average Bonchev–Trinajstić information content (AvgIpc) is 2.93. The Morgan fingerprint density at radius 1 is 0.758 bits per heavy atom. The van der Waals surface area contributed by atoms with Gasteiger partial charge in [-0.3, -0.25) is 6.08 Å². The molecule has 0 N–H and O–H groups in total. The molecule has 0 fully saturated rings. The third-order valence-corrected chi connectivity index (χ3v) is 13.7. The van der Waals surface area contributed by atoms with Crippen molar-refractivity contribution >= 4 is 18.4 Å². The summed E-state index contributed by atoms with van der Waals surface area (Å²) in [5.41, 5.74) is 11.4. The second-order valence-electron chi connectivity index (χ2n) is 9.73. The summed E-state index contributed by atoms with van der Waals surface area (Å²) in [6, 6.07) is 12.4. The van der Waals surface area contributed by atoms with E-state index in [9.17, 15) is 0 Å². The molecule has 0 saturated carbocycles. The van der Waals surface area contributed by atoms with Crippen molar-refractivity contribution in [1.82, 2.24) is 0 Å². The van der Waals surface area contributed by atoms with Crippen molar-refractivity contribution in [3.8, 4) is 0 Å². The minimum absolute atomic E-state index is 0. The summed E-state index contributed by atoms with van der Waals surface area (Å²) in [5, 5.41) is 3.04. The van der Waals surface area contributed by atoms with Gasteiger partial charge < -0.3 is 14.9 Å². The number of hydrogen-bond donors (Lipinski definition) is 0. The molecule has 2 atom stereocenters. The summed E-state index contributed by atoms with van der Waals surface area (Å²) in [6.07, 6.45) is 6.17. The Morgan fingerprint density at radius 3 is 1.55 bits per heavy atom. The monoisotopic (exact) mass is 493 g/mol. The van der Waals surface area contributed by atoms with Gasteiger partial charge in [0.1, 0.15) is 8.07 Å². The fraction of sp³-hybridized carbons (Fsp3) is 0.419. The van der Waals surface area contributed by atoms with Gasteiger partial charge in [-0.1, -0.05) is 86.9 Å². The molecule has 0 saturated heterocycles. The second-order valence-corrected chi connectivity index (χ2v) is 14.1. The van der Waals surface area contributed by atoms with Crippen LogP contribution in [0.2, 0.25) is 11.6 Å². The van der Waals surface area contributed by atoms with E-state index in [0.717, 1.165) is 12.8 Å². The quantitative estimate of drug-likeness (QED) is 0.296. The standard InChI is InChI=1S/C29H39Si.2CH3.Ti/c1-11-25-15-26(12-2)17-28(16-25)30(10,27-13-19(3)22(6)20(4)14-27)29(9)18-21(5)23(7)24(29)8;;;/h13-17H,11-12H2,1-10H3;2*1H3;/q3*-1;+3. The van der Waals surface area contributed by atoms with Crippen LogP contribution in [0.4, 0.5) is 0 Å². The van der Waals surface area contributed by atoms with Gasteiger partial charge in [0.25, 0.3) is 0 Å². The van der Waals surface area contributed by atoms with Crippen molar-refractivity contribution in [2.45, 2.75) is 86.7 Å². The van der Waals surface area contributed by atoms with Gasteiger partial charge in [-0.05, 0) is 61.4 Å². The maximum absolute atomic E-state index is 4.00. The largest absolute Gasteiger partial charge is 3.00 e. The normalized spacial score (nSPS) is 19.2. The molecule has 2 heteroatoms. The maximum Gasteiger partial charge on any atom is 3.00 e. The summed E-state index contributed by atoms with van der Waals surface area (Å²) in [4.78, 5) is 0. The van der Waals surface area contributed by atoms with Crippen molar-refractivity contribution in [2.75, 3.05) is 0 Å². The Labute approximate surface area is 221 Å². The van der Waals surface area contributed by atoms with Gasteiger partial charge in [-0.15, -0.1) is 6.92 Å². The minimum Gasteiger partial charge on any atom is -0.358 e. The van der Waals surface area contributed by atoms with Crippen LogP contribution >= 0.6 is 0 Å². The first-order valence-corrected chi connectivity index (χ1v) is 14.0. The number of hydrogen-bond acceptors (Lipinski definition) is 0. The molecule has 0 heterocycles. The van der Waals surface area contributed by atoms with E-state index in [1.165, 1.54) is 49.7 Å². The molecule has 33 heavy (non-hydrogen) atoms. The molecule has 3 rings (SSSR count). The second kappa shape index (κ2) is 11.5. The van der Waals surface area contributed by atoms with Crippen LogP contribution in [0.25, 0.3) is 0 Å². The van der Waals surface area contributed by atoms with E-state index in [0.29, 0.717) is 0 Å². The van der Waals surface area contributed by atoms with Crippen LogP contribution in [0.5, 0.6) is 0 Å².